The predicted octanol–water partition coefficient (Wildman–Crippen LogP) is 2.31. The fourth-order valence-electron chi connectivity index (χ4n) is 4.13. The average Bonchev–Trinajstić information content (AvgIpc) is 2.47. The van der Waals surface area contributed by atoms with E-state index >= 15 is 0 Å². The van der Waals surface area contributed by atoms with Gasteiger partial charge in [-0.15, -0.1) is 0 Å². The van der Waals surface area contributed by atoms with Crippen molar-refractivity contribution in [3.63, 3.8) is 0 Å². The Hall–Kier alpha value is -0.120. The van der Waals surface area contributed by atoms with E-state index in [1.807, 2.05) is 0 Å². The van der Waals surface area contributed by atoms with Crippen molar-refractivity contribution in [2.75, 3.05) is 33.7 Å². The summed E-state index contributed by atoms with van der Waals surface area (Å²) in [5.41, 5.74) is 6.53. The van der Waals surface area contributed by atoms with Crippen molar-refractivity contribution in [2.24, 2.45) is 11.7 Å². The predicted molar refractivity (Wildman–Crippen MR) is 82.3 cm³/mol. The summed E-state index contributed by atoms with van der Waals surface area (Å²) in [6.45, 7) is 5.69. The van der Waals surface area contributed by atoms with Crippen molar-refractivity contribution >= 4 is 0 Å². The van der Waals surface area contributed by atoms with E-state index in [1.165, 1.54) is 58.0 Å². The van der Waals surface area contributed by atoms with Gasteiger partial charge in [-0.05, 0) is 58.5 Å². The van der Waals surface area contributed by atoms with Crippen molar-refractivity contribution in [2.45, 2.75) is 63.5 Å². The Morgan fingerprint density at radius 2 is 1.68 bits per heavy atom. The van der Waals surface area contributed by atoms with Crippen molar-refractivity contribution in [3.8, 4) is 0 Å². The Kier molecular flexibility index (Phi) is 5.27. The third-order valence-electron chi connectivity index (χ3n) is 5.86. The summed E-state index contributed by atoms with van der Waals surface area (Å²) in [4.78, 5) is 5.12. The number of hydrogen-bond acceptors (Lipinski definition) is 3. The van der Waals surface area contributed by atoms with Gasteiger partial charge in [0.2, 0.25) is 0 Å². The molecule has 1 heterocycles. The van der Waals surface area contributed by atoms with Crippen LogP contribution in [0, 0.1) is 5.92 Å². The molecule has 112 valence electrons. The van der Waals surface area contributed by atoms with Gasteiger partial charge in [-0.2, -0.15) is 0 Å². The Morgan fingerprint density at radius 1 is 1.11 bits per heavy atom. The molecule has 19 heavy (non-hydrogen) atoms. The molecule has 0 amide bonds. The maximum atomic E-state index is 6.20. The van der Waals surface area contributed by atoms with E-state index in [2.05, 4.69) is 30.8 Å². The van der Waals surface area contributed by atoms with Gasteiger partial charge in [0.1, 0.15) is 0 Å². The Bertz CT molecular complexity index is 261. The maximum absolute atomic E-state index is 6.20. The molecule has 2 fully saturated rings. The summed E-state index contributed by atoms with van der Waals surface area (Å²) >= 11 is 0. The third-order valence-corrected chi connectivity index (χ3v) is 5.86. The Morgan fingerprint density at radius 3 is 2.11 bits per heavy atom. The zero-order valence-corrected chi connectivity index (χ0v) is 13.2. The first-order valence-electron chi connectivity index (χ1n) is 8.23. The van der Waals surface area contributed by atoms with Gasteiger partial charge >= 0.3 is 0 Å². The summed E-state index contributed by atoms with van der Waals surface area (Å²) in [5, 5.41) is 0. The molecule has 1 aliphatic carbocycles. The van der Waals surface area contributed by atoms with E-state index in [0.717, 1.165) is 18.5 Å². The summed E-state index contributed by atoms with van der Waals surface area (Å²) < 4.78 is 0. The minimum Gasteiger partial charge on any atom is -0.329 e. The Labute approximate surface area is 119 Å². The molecule has 0 atom stereocenters. The molecule has 2 rings (SSSR count). The van der Waals surface area contributed by atoms with Crippen molar-refractivity contribution in [1.29, 1.82) is 0 Å². The largest absolute Gasteiger partial charge is 0.329 e. The van der Waals surface area contributed by atoms with Gasteiger partial charge in [-0.3, -0.25) is 4.90 Å². The van der Waals surface area contributed by atoms with Crippen LogP contribution in [0.5, 0.6) is 0 Å². The first-order valence-corrected chi connectivity index (χ1v) is 8.23. The van der Waals surface area contributed by atoms with Crippen molar-refractivity contribution < 1.29 is 0 Å². The summed E-state index contributed by atoms with van der Waals surface area (Å²) in [6, 6.07) is 0.776. The van der Waals surface area contributed by atoms with Crippen LogP contribution in [-0.2, 0) is 0 Å². The van der Waals surface area contributed by atoms with Gasteiger partial charge in [0.05, 0.1) is 0 Å². The normalized spacial score (nSPS) is 34.9. The molecular formula is C16H33N3. The molecule has 3 heteroatoms. The fourth-order valence-corrected chi connectivity index (χ4v) is 4.13. The molecule has 0 radical (unpaired) electrons. The van der Waals surface area contributed by atoms with Crippen LogP contribution in [0.4, 0.5) is 0 Å². The van der Waals surface area contributed by atoms with Gasteiger partial charge in [0.15, 0.2) is 0 Å². The van der Waals surface area contributed by atoms with Crippen molar-refractivity contribution in [1.82, 2.24) is 9.80 Å². The summed E-state index contributed by atoms with van der Waals surface area (Å²) in [6.07, 6.45) is 9.41. The van der Waals surface area contributed by atoms with Crippen LogP contribution in [0.3, 0.4) is 0 Å². The summed E-state index contributed by atoms with van der Waals surface area (Å²) in [7, 11) is 4.43. The molecular weight excluding hydrogens is 234 g/mol. The van der Waals surface area contributed by atoms with Gasteiger partial charge in [0, 0.05) is 31.2 Å². The second-order valence-corrected chi connectivity index (χ2v) is 6.96. The van der Waals surface area contributed by atoms with E-state index in [-0.39, 0.29) is 0 Å². The van der Waals surface area contributed by atoms with Gasteiger partial charge in [-0.25, -0.2) is 0 Å². The lowest BCUT2D eigenvalue weighted by Gasteiger charge is -2.50. The zero-order valence-electron chi connectivity index (χ0n) is 13.2. The lowest BCUT2D eigenvalue weighted by atomic mass is 9.74. The van der Waals surface area contributed by atoms with E-state index in [0.29, 0.717) is 5.54 Å². The molecule has 1 aliphatic heterocycles. The number of piperidine rings is 1. The molecule has 2 N–H and O–H groups in total. The third kappa shape index (κ3) is 3.32. The first-order chi connectivity index (χ1) is 9.11. The van der Waals surface area contributed by atoms with Gasteiger partial charge in [0.25, 0.3) is 0 Å². The number of rotatable bonds is 4. The number of hydrogen-bond donors (Lipinski definition) is 1. The van der Waals surface area contributed by atoms with E-state index in [9.17, 15) is 0 Å². The zero-order chi connectivity index (χ0) is 13.9. The van der Waals surface area contributed by atoms with Crippen LogP contribution in [-0.4, -0.2) is 55.1 Å². The number of nitrogens with zero attached hydrogens (tertiary/aromatic N) is 2. The number of likely N-dealkylation sites (tertiary alicyclic amines) is 1. The highest BCUT2D eigenvalue weighted by Gasteiger charge is 2.40. The molecule has 0 aromatic rings. The summed E-state index contributed by atoms with van der Waals surface area (Å²) in [5.74, 6) is 0.957. The lowest BCUT2D eigenvalue weighted by Crippen LogP contribution is -2.59. The van der Waals surface area contributed by atoms with Crippen LogP contribution in [0.2, 0.25) is 0 Å². The van der Waals surface area contributed by atoms with Crippen LogP contribution in [0.15, 0.2) is 0 Å². The average molecular weight is 267 g/mol. The standard InChI is InChI=1S/C16H33N3/c1-4-14-5-9-16(13-17,10-6-14)19-11-7-15(8-12-19)18(2)3/h14-15H,4-13,17H2,1-3H3. The van der Waals surface area contributed by atoms with Gasteiger partial charge < -0.3 is 10.6 Å². The van der Waals surface area contributed by atoms with Crippen LogP contribution in [0.25, 0.3) is 0 Å². The molecule has 0 spiro atoms. The lowest BCUT2D eigenvalue weighted by molar-refractivity contribution is 0.00975. The molecule has 2 aliphatic rings. The van der Waals surface area contributed by atoms with E-state index in [4.69, 9.17) is 5.73 Å². The van der Waals surface area contributed by atoms with Crippen LogP contribution in [0.1, 0.15) is 51.9 Å². The highest BCUT2D eigenvalue weighted by molar-refractivity contribution is 4.97. The monoisotopic (exact) mass is 267 g/mol. The smallest absolute Gasteiger partial charge is 0.0331 e. The molecule has 0 unspecified atom stereocenters. The van der Waals surface area contributed by atoms with Crippen molar-refractivity contribution in [3.05, 3.63) is 0 Å². The second kappa shape index (κ2) is 6.55. The highest BCUT2D eigenvalue weighted by Crippen LogP contribution is 2.38. The number of nitrogens with two attached hydrogens (primary N) is 1. The quantitative estimate of drug-likeness (QED) is 0.848. The minimum absolute atomic E-state index is 0.336. The first kappa shape index (κ1) is 15.3. The molecule has 0 aromatic carbocycles. The van der Waals surface area contributed by atoms with Crippen LogP contribution < -0.4 is 5.73 Å². The molecule has 1 saturated carbocycles. The molecule has 1 saturated heterocycles. The second-order valence-electron chi connectivity index (χ2n) is 6.96. The topological polar surface area (TPSA) is 32.5 Å². The molecule has 3 nitrogen and oxygen atoms in total. The highest BCUT2D eigenvalue weighted by atomic mass is 15.2. The molecule has 0 aromatic heterocycles. The van der Waals surface area contributed by atoms with Gasteiger partial charge in [-0.1, -0.05) is 13.3 Å². The van der Waals surface area contributed by atoms with E-state index in [1.54, 1.807) is 0 Å². The van der Waals surface area contributed by atoms with E-state index < -0.39 is 0 Å². The maximum Gasteiger partial charge on any atom is 0.0331 e. The Balaban J connectivity index is 1.92. The molecule has 0 bridgehead atoms. The fraction of sp³-hybridized carbons (Fsp3) is 1.00. The SMILES string of the molecule is CCC1CCC(CN)(N2CCC(N(C)C)CC2)CC1. The minimum atomic E-state index is 0.336. The van der Waals surface area contributed by atoms with Crippen LogP contribution >= 0.6 is 0 Å².